The number of carbonyl (C=O) groups excluding carboxylic acids is 1. The molecule has 5 aromatic rings. The van der Waals surface area contributed by atoms with Crippen molar-refractivity contribution in [3.63, 3.8) is 0 Å². The van der Waals surface area contributed by atoms with Gasteiger partial charge in [0.15, 0.2) is 5.65 Å². The summed E-state index contributed by atoms with van der Waals surface area (Å²) in [6.07, 6.45) is 1.60. The van der Waals surface area contributed by atoms with E-state index in [-0.39, 0.29) is 11.4 Å². The molecule has 0 radical (unpaired) electrons. The fourth-order valence-electron chi connectivity index (χ4n) is 3.61. The molecular formula is C25H19ClN6O2. The number of aromatic nitrogens is 3. The number of nitrogens with zero attached hydrogens (tertiary/aromatic N) is 4. The number of fused-ring (bicyclic) bond motifs is 2. The number of hydrogen-bond donors (Lipinski definition) is 2. The largest absolute Gasteiger partial charge is 0.496 e. The summed E-state index contributed by atoms with van der Waals surface area (Å²) < 4.78 is 6.81. The van der Waals surface area contributed by atoms with Gasteiger partial charge >= 0.3 is 0 Å². The minimum atomic E-state index is -0.430. The number of ether oxygens (including phenoxy) is 1. The van der Waals surface area contributed by atoms with Crippen LogP contribution >= 0.6 is 11.6 Å². The molecule has 2 aromatic heterocycles. The molecule has 0 unspecified atom stereocenters. The Bertz CT molecular complexity index is 1560. The summed E-state index contributed by atoms with van der Waals surface area (Å²) in [5.74, 6) is 0.335. The van der Waals surface area contributed by atoms with Crippen molar-refractivity contribution >= 4 is 57.4 Å². The molecule has 0 atom stereocenters. The number of carbonyl (C=O) groups is 1. The van der Waals surface area contributed by atoms with Gasteiger partial charge in [0.25, 0.3) is 5.91 Å². The molecule has 9 heteroatoms. The summed E-state index contributed by atoms with van der Waals surface area (Å²) in [5, 5.41) is 7.94. The number of nitrogens with two attached hydrogens (primary N) is 1. The Hall–Kier alpha value is -4.43. The zero-order chi connectivity index (χ0) is 23.7. The molecule has 3 N–H and O–H groups in total. The van der Waals surface area contributed by atoms with Crippen molar-refractivity contribution in [2.45, 2.75) is 0 Å². The SMILES string of the molecule is COc1ccccc1/C=N/n1c(N)c(C(=O)Nc2ccc(Cl)cc2)c2nc3ccccc3nc21. The molecule has 0 saturated carbocycles. The van der Waals surface area contributed by atoms with Crippen LogP contribution in [-0.4, -0.2) is 33.9 Å². The second-order valence-corrected chi connectivity index (χ2v) is 7.84. The molecule has 0 spiro atoms. The Balaban J connectivity index is 1.66. The molecule has 34 heavy (non-hydrogen) atoms. The maximum Gasteiger partial charge on any atom is 0.261 e. The lowest BCUT2D eigenvalue weighted by Crippen LogP contribution is -2.14. The molecule has 168 valence electrons. The van der Waals surface area contributed by atoms with Crippen molar-refractivity contribution in [3.8, 4) is 5.75 Å². The van der Waals surface area contributed by atoms with E-state index in [0.29, 0.717) is 38.7 Å². The summed E-state index contributed by atoms with van der Waals surface area (Å²) in [4.78, 5) is 22.7. The first kappa shape index (κ1) is 21.4. The highest BCUT2D eigenvalue weighted by Crippen LogP contribution is 2.29. The number of nitrogens with one attached hydrogen (secondary N) is 1. The van der Waals surface area contributed by atoms with Crippen molar-refractivity contribution < 1.29 is 9.53 Å². The van der Waals surface area contributed by atoms with Crippen LogP contribution < -0.4 is 15.8 Å². The topological polar surface area (TPSA) is 107 Å². The fourth-order valence-corrected chi connectivity index (χ4v) is 3.73. The third kappa shape index (κ3) is 3.91. The lowest BCUT2D eigenvalue weighted by molar-refractivity contribution is 0.102. The van der Waals surface area contributed by atoms with Crippen LogP contribution in [0.5, 0.6) is 5.75 Å². The Kier molecular flexibility index (Phi) is 5.57. The first-order valence-electron chi connectivity index (χ1n) is 10.4. The predicted octanol–water partition coefficient (Wildman–Crippen LogP) is 4.96. The first-order valence-corrected chi connectivity index (χ1v) is 10.7. The summed E-state index contributed by atoms with van der Waals surface area (Å²) in [6, 6.07) is 21.6. The molecule has 0 aliphatic rings. The highest BCUT2D eigenvalue weighted by Gasteiger charge is 2.24. The zero-order valence-electron chi connectivity index (χ0n) is 18.1. The number of rotatable bonds is 5. The van der Waals surface area contributed by atoms with Gasteiger partial charge in [0, 0.05) is 16.3 Å². The minimum Gasteiger partial charge on any atom is -0.496 e. The summed E-state index contributed by atoms with van der Waals surface area (Å²) in [6.45, 7) is 0. The van der Waals surface area contributed by atoms with Gasteiger partial charge in [0.2, 0.25) is 0 Å². The van der Waals surface area contributed by atoms with E-state index in [1.165, 1.54) is 4.68 Å². The van der Waals surface area contributed by atoms with Gasteiger partial charge in [-0.2, -0.15) is 9.78 Å². The van der Waals surface area contributed by atoms with Crippen LogP contribution in [0.25, 0.3) is 22.2 Å². The lowest BCUT2D eigenvalue weighted by Gasteiger charge is -2.06. The van der Waals surface area contributed by atoms with Crippen LogP contribution in [0.1, 0.15) is 15.9 Å². The van der Waals surface area contributed by atoms with Gasteiger partial charge < -0.3 is 15.8 Å². The highest BCUT2D eigenvalue weighted by molar-refractivity contribution is 6.30. The third-order valence-corrected chi connectivity index (χ3v) is 5.51. The van der Waals surface area contributed by atoms with E-state index in [1.54, 1.807) is 37.6 Å². The van der Waals surface area contributed by atoms with Crippen molar-refractivity contribution in [1.82, 2.24) is 14.6 Å². The lowest BCUT2D eigenvalue weighted by atomic mass is 10.2. The van der Waals surface area contributed by atoms with Crippen LogP contribution in [0, 0.1) is 0 Å². The van der Waals surface area contributed by atoms with E-state index in [0.717, 1.165) is 5.56 Å². The van der Waals surface area contributed by atoms with Crippen LogP contribution in [-0.2, 0) is 0 Å². The van der Waals surface area contributed by atoms with Crippen LogP contribution in [0.4, 0.5) is 11.5 Å². The van der Waals surface area contributed by atoms with Crippen molar-refractivity contribution in [2.24, 2.45) is 5.10 Å². The molecule has 0 aliphatic carbocycles. The minimum absolute atomic E-state index is 0.114. The average molecular weight is 471 g/mol. The second-order valence-electron chi connectivity index (χ2n) is 7.40. The summed E-state index contributed by atoms with van der Waals surface area (Å²) in [5.41, 5.74) is 9.95. The maximum atomic E-state index is 13.3. The van der Waals surface area contributed by atoms with E-state index in [4.69, 9.17) is 27.1 Å². The van der Waals surface area contributed by atoms with Gasteiger partial charge in [-0.1, -0.05) is 35.9 Å². The van der Waals surface area contributed by atoms with Gasteiger partial charge in [0.1, 0.15) is 22.6 Å². The number of halogens is 1. The average Bonchev–Trinajstić information content (AvgIpc) is 3.12. The molecule has 0 bridgehead atoms. The molecule has 5 rings (SSSR count). The molecule has 0 saturated heterocycles. The van der Waals surface area contributed by atoms with E-state index < -0.39 is 5.91 Å². The molecule has 0 fully saturated rings. The third-order valence-electron chi connectivity index (χ3n) is 5.25. The Morgan fingerprint density at radius 3 is 2.44 bits per heavy atom. The van der Waals surface area contributed by atoms with Crippen LogP contribution in [0.3, 0.4) is 0 Å². The van der Waals surface area contributed by atoms with Crippen LogP contribution in [0.15, 0.2) is 77.9 Å². The number of hydrogen-bond acceptors (Lipinski definition) is 6. The monoisotopic (exact) mass is 470 g/mol. The van der Waals surface area contributed by atoms with E-state index >= 15 is 0 Å². The molecule has 3 aromatic carbocycles. The molecule has 0 aliphatic heterocycles. The van der Waals surface area contributed by atoms with Gasteiger partial charge in [-0.3, -0.25) is 4.79 Å². The Morgan fingerprint density at radius 2 is 1.71 bits per heavy atom. The molecule has 1 amide bonds. The number of methoxy groups -OCH3 is 1. The number of amides is 1. The Labute approximate surface area is 199 Å². The normalized spacial score (nSPS) is 11.4. The standard InChI is InChI=1S/C25H19ClN6O2/c1-34-20-9-5-2-6-15(20)14-28-32-23(27)21(25(33)29-17-12-10-16(26)11-13-17)22-24(32)31-19-8-4-3-7-18(19)30-22/h2-14H,27H2,1H3,(H,29,33)/b28-14+. The van der Waals surface area contributed by atoms with Crippen LogP contribution in [0.2, 0.25) is 5.02 Å². The van der Waals surface area contributed by atoms with Crippen molar-refractivity contribution in [1.29, 1.82) is 0 Å². The highest BCUT2D eigenvalue weighted by atomic mass is 35.5. The first-order chi connectivity index (χ1) is 16.5. The molecular weight excluding hydrogens is 452 g/mol. The second kappa shape index (κ2) is 8.84. The fraction of sp³-hybridized carbons (Fsp3) is 0.0400. The number of para-hydroxylation sites is 3. The van der Waals surface area contributed by atoms with E-state index in [1.807, 2.05) is 48.5 Å². The van der Waals surface area contributed by atoms with Gasteiger partial charge in [0.05, 0.1) is 24.4 Å². The Morgan fingerprint density at radius 1 is 1.03 bits per heavy atom. The van der Waals surface area contributed by atoms with E-state index in [9.17, 15) is 4.79 Å². The predicted molar refractivity (Wildman–Crippen MR) is 135 cm³/mol. The van der Waals surface area contributed by atoms with Crippen molar-refractivity contribution in [2.75, 3.05) is 18.2 Å². The summed E-state index contributed by atoms with van der Waals surface area (Å²) >= 11 is 5.96. The van der Waals surface area contributed by atoms with Gasteiger partial charge in [-0.25, -0.2) is 9.97 Å². The zero-order valence-corrected chi connectivity index (χ0v) is 18.8. The number of benzene rings is 3. The number of anilines is 2. The molecule has 8 nitrogen and oxygen atoms in total. The van der Waals surface area contributed by atoms with E-state index in [2.05, 4.69) is 15.4 Å². The van der Waals surface area contributed by atoms with Gasteiger partial charge in [-0.15, -0.1) is 0 Å². The molecule has 2 heterocycles. The summed E-state index contributed by atoms with van der Waals surface area (Å²) in [7, 11) is 1.59. The van der Waals surface area contributed by atoms with Crippen molar-refractivity contribution in [3.05, 3.63) is 88.9 Å². The number of nitrogen functional groups attached to an aromatic ring is 1. The smallest absolute Gasteiger partial charge is 0.261 e. The maximum absolute atomic E-state index is 13.3. The van der Waals surface area contributed by atoms with Gasteiger partial charge in [-0.05, 0) is 48.5 Å². The quantitative estimate of drug-likeness (QED) is 0.353.